The van der Waals surface area contributed by atoms with E-state index in [9.17, 15) is 9.90 Å². The number of thioether (sulfide) groups is 1. The molecule has 1 aromatic rings. The fourth-order valence-electron chi connectivity index (χ4n) is 1.65. The number of carbonyl (C=O) groups excluding carboxylic acids is 1. The lowest BCUT2D eigenvalue weighted by Gasteiger charge is -2.18. The summed E-state index contributed by atoms with van der Waals surface area (Å²) < 4.78 is 0. The van der Waals surface area contributed by atoms with Crippen molar-refractivity contribution in [1.82, 2.24) is 4.90 Å². The summed E-state index contributed by atoms with van der Waals surface area (Å²) >= 11 is 1.73. The van der Waals surface area contributed by atoms with Crippen LogP contribution in [-0.4, -0.2) is 28.2 Å². The smallest absolute Gasteiger partial charge is 0.219 e. The molecule has 80 valence electrons. The van der Waals surface area contributed by atoms with Crippen LogP contribution in [0.15, 0.2) is 23.1 Å². The summed E-state index contributed by atoms with van der Waals surface area (Å²) in [5.74, 6) is 1.27. The predicted octanol–water partition coefficient (Wildman–Crippen LogP) is 1.85. The van der Waals surface area contributed by atoms with E-state index in [0.29, 0.717) is 6.54 Å². The Morgan fingerprint density at radius 3 is 3.07 bits per heavy atom. The fourth-order valence-corrected chi connectivity index (χ4v) is 2.65. The highest BCUT2D eigenvalue weighted by Crippen LogP contribution is 2.29. The Labute approximate surface area is 93.1 Å². The maximum Gasteiger partial charge on any atom is 0.219 e. The van der Waals surface area contributed by atoms with Gasteiger partial charge in [-0.05, 0) is 23.8 Å². The van der Waals surface area contributed by atoms with Gasteiger partial charge in [-0.1, -0.05) is 0 Å². The van der Waals surface area contributed by atoms with Crippen LogP contribution in [0.3, 0.4) is 0 Å². The maximum atomic E-state index is 11.3. The van der Waals surface area contributed by atoms with Crippen LogP contribution < -0.4 is 0 Å². The Bertz CT molecular complexity index is 392. The molecular weight excluding hydrogens is 210 g/mol. The Morgan fingerprint density at radius 1 is 1.53 bits per heavy atom. The maximum absolute atomic E-state index is 11.3. The van der Waals surface area contributed by atoms with Crippen LogP contribution in [0.1, 0.15) is 12.5 Å². The summed E-state index contributed by atoms with van der Waals surface area (Å²) in [5.41, 5.74) is 1.03. The van der Waals surface area contributed by atoms with Crippen molar-refractivity contribution in [2.24, 2.45) is 0 Å². The number of phenolic OH excluding ortho intramolecular Hbond substituents is 1. The minimum atomic E-state index is 0.0896. The van der Waals surface area contributed by atoms with Crippen LogP contribution in [0.4, 0.5) is 0 Å². The summed E-state index contributed by atoms with van der Waals surface area (Å²) in [6.45, 7) is 2.96. The zero-order valence-electron chi connectivity index (χ0n) is 8.56. The van der Waals surface area contributed by atoms with Crippen molar-refractivity contribution in [3.8, 4) is 5.75 Å². The van der Waals surface area contributed by atoms with Gasteiger partial charge in [0.05, 0.1) is 0 Å². The fraction of sp³-hybridized carbons (Fsp3) is 0.364. The molecule has 1 aliphatic heterocycles. The second kappa shape index (κ2) is 4.14. The molecule has 0 aliphatic carbocycles. The van der Waals surface area contributed by atoms with Gasteiger partial charge in [-0.3, -0.25) is 4.79 Å². The van der Waals surface area contributed by atoms with Gasteiger partial charge in [0.15, 0.2) is 0 Å². The van der Waals surface area contributed by atoms with E-state index in [0.717, 1.165) is 22.8 Å². The molecule has 1 heterocycles. The largest absolute Gasteiger partial charge is 0.508 e. The first-order chi connectivity index (χ1) is 7.16. The molecule has 0 bridgehead atoms. The first kappa shape index (κ1) is 10.4. The van der Waals surface area contributed by atoms with E-state index in [-0.39, 0.29) is 11.7 Å². The van der Waals surface area contributed by atoms with E-state index in [1.807, 2.05) is 6.07 Å². The first-order valence-corrected chi connectivity index (χ1v) is 5.85. The third-order valence-electron chi connectivity index (χ3n) is 2.47. The van der Waals surface area contributed by atoms with Crippen molar-refractivity contribution in [1.29, 1.82) is 0 Å². The summed E-state index contributed by atoms with van der Waals surface area (Å²) in [7, 11) is 0. The summed E-state index contributed by atoms with van der Waals surface area (Å²) in [6.07, 6.45) is 0. The van der Waals surface area contributed by atoms with Gasteiger partial charge < -0.3 is 10.0 Å². The van der Waals surface area contributed by atoms with Gasteiger partial charge >= 0.3 is 0 Å². The van der Waals surface area contributed by atoms with E-state index in [4.69, 9.17) is 0 Å². The molecule has 0 radical (unpaired) electrons. The number of hydrogen-bond donors (Lipinski definition) is 1. The van der Waals surface area contributed by atoms with E-state index in [1.54, 1.807) is 35.7 Å². The lowest BCUT2D eigenvalue weighted by Crippen LogP contribution is -2.29. The Balaban J connectivity index is 2.31. The number of phenols is 1. The summed E-state index contributed by atoms with van der Waals surface area (Å²) in [5, 5.41) is 9.39. The molecule has 2 rings (SSSR count). The summed E-state index contributed by atoms with van der Waals surface area (Å²) in [4.78, 5) is 14.3. The normalized spacial score (nSPS) is 15.7. The molecule has 0 atom stereocenters. The topological polar surface area (TPSA) is 40.5 Å². The Kier molecular flexibility index (Phi) is 2.86. The number of amides is 1. The number of rotatable bonds is 0. The molecule has 1 aromatic carbocycles. The van der Waals surface area contributed by atoms with Crippen LogP contribution in [-0.2, 0) is 11.3 Å². The van der Waals surface area contributed by atoms with Gasteiger partial charge in [0, 0.05) is 30.7 Å². The van der Waals surface area contributed by atoms with Gasteiger partial charge in [-0.25, -0.2) is 0 Å². The highest BCUT2D eigenvalue weighted by Gasteiger charge is 2.16. The lowest BCUT2D eigenvalue weighted by molar-refractivity contribution is -0.129. The minimum absolute atomic E-state index is 0.0896. The summed E-state index contributed by atoms with van der Waals surface area (Å²) in [6, 6.07) is 5.35. The quantitative estimate of drug-likeness (QED) is 0.729. The van der Waals surface area contributed by atoms with Gasteiger partial charge in [-0.15, -0.1) is 11.8 Å². The zero-order valence-corrected chi connectivity index (χ0v) is 9.38. The molecule has 0 unspecified atom stereocenters. The average molecular weight is 223 g/mol. The predicted molar refractivity (Wildman–Crippen MR) is 59.9 cm³/mol. The number of carbonyl (C=O) groups is 1. The molecule has 4 heteroatoms. The third-order valence-corrected chi connectivity index (χ3v) is 3.57. The Hall–Kier alpha value is -1.16. The highest BCUT2D eigenvalue weighted by molar-refractivity contribution is 7.99. The van der Waals surface area contributed by atoms with E-state index in [2.05, 4.69) is 0 Å². The van der Waals surface area contributed by atoms with Gasteiger partial charge in [0.2, 0.25) is 5.91 Å². The van der Waals surface area contributed by atoms with E-state index >= 15 is 0 Å². The van der Waals surface area contributed by atoms with Crippen LogP contribution >= 0.6 is 11.8 Å². The SMILES string of the molecule is CC(=O)N1CCSc2ccc(O)cc2C1. The molecule has 0 aromatic heterocycles. The van der Waals surface area contributed by atoms with Crippen molar-refractivity contribution in [2.45, 2.75) is 18.4 Å². The van der Waals surface area contributed by atoms with E-state index < -0.39 is 0 Å². The Morgan fingerprint density at radius 2 is 2.33 bits per heavy atom. The molecule has 0 saturated carbocycles. The van der Waals surface area contributed by atoms with Crippen molar-refractivity contribution in [2.75, 3.05) is 12.3 Å². The second-order valence-corrected chi connectivity index (χ2v) is 4.72. The molecule has 0 fully saturated rings. The van der Waals surface area contributed by atoms with Crippen molar-refractivity contribution in [3.63, 3.8) is 0 Å². The van der Waals surface area contributed by atoms with E-state index in [1.165, 1.54) is 0 Å². The van der Waals surface area contributed by atoms with Crippen LogP contribution in [0.2, 0.25) is 0 Å². The minimum Gasteiger partial charge on any atom is -0.508 e. The zero-order chi connectivity index (χ0) is 10.8. The number of aromatic hydroxyl groups is 1. The first-order valence-electron chi connectivity index (χ1n) is 4.87. The average Bonchev–Trinajstić information content (AvgIpc) is 2.39. The molecule has 1 amide bonds. The van der Waals surface area contributed by atoms with Crippen LogP contribution in [0.25, 0.3) is 0 Å². The molecule has 1 N–H and O–H groups in total. The van der Waals surface area contributed by atoms with Gasteiger partial charge in [0.1, 0.15) is 5.75 Å². The highest BCUT2D eigenvalue weighted by atomic mass is 32.2. The molecule has 0 saturated heterocycles. The van der Waals surface area contributed by atoms with Crippen molar-refractivity contribution < 1.29 is 9.90 Å². The molecule has 0 spiro atoms. The van der Waals surface area contributed by atoms with Gasteiger partial charge in [0.25, 0.3) is 0 Å². The number of fused-ring (bicyclic) bond motifs is 1. The molecule has 1 aliphatic rings. The molecular formula is C11H13NO2S. The number of benzene rings is 1. The molecule has 15 heavy (non-hydrogen) atoms. The van der Waals surface area contributed by atoms with Crippen molar-refractivity contribution >= 4 is 17.7 Å². The lowest BCUT2D eigenvalue weighted by atomic mass is 10.2. The molecule has 3 nitrogen and oxygen atoms in total. The van der Waals surface area contributed by atoms with Gasteiger partial charge in [-0.2, -0.15) is 0 Å². The number of nitrogens with zero attached hydrogens (tertiary/aromatic N) is 1. The number of hydrogen-bond acceptors (Lipinski definition) is 3. The second-order valence-electron chi connectivity index (χ2n) is 3.58. The van der Waals surface area contributed by atoms with Crippen LogP contribution in [0, 0.1) is 0 Å². The van der Waals surface area contributed by atoms with Crippen molar-refractivity contribution in [3.05, 3.63) is 23.8 Å². The monoisotopic (exact) mass is 223 g/mol. The van der Waals surface area contributed by atoms with Crippen LogP contribution in [0.5, 0.6) is 5.75 Å². The standard InChI is InChI=1S/C11H13NO2S/c1-8(13)12-4-5-15-11-3-2-10(14)6-9(11)7-12/h2-3,6,14H,4-5,7H2,1H3. The third kappa shape index (κ3) is 2.26.